The molecule has 37 heavy (non-hydrogen) atoms. The molecule has 2 N–H and O–H groups in total. The van der Waals surface area contributed by atoms with Crippen LogP contribution in [0.25, 0.3) is 44.6 Å². The first kappa shape index (κ1) is 22.2. The van der Waals surface area contributed by atoms with Crippen LogP contribution in [-0.2, 0) is 0 Å². The molecule has 1 aliphatic heterocycles. The SMILES string of the molecule is Fc1cccc(F)c1-c1cc2c(-c3nc(N4CCNCC4)c4c(C5CCC5)cncc4n3)ccnc2[nH]1. The van der Waals surface area contributed by atoms with Gasteiger partial charge in [-0.3, -0.25) is 4.98 Å². The van der Waals surface area contributed by atoms with Gasteiger partial charge in [-0.05, 0) is 48.6 Å². The summed E-state index contributed by atoms with van der Waals surface area (Å²) in [5, 5.41) is 5.20. The number of piperazine rings is 1. The van der Waals surface area contributed by atoms with Gasteiger partial charge in [0.25, 0.3) is 0 Å². The van der Waals surface area contributed by atoms with E-state index in [-0.39, 0.29) is 5.56 Å². The number of nitrogens with one attached hydrogen (secondary N) is 2. The van der Waals surface area contributed by atoms with Crippen molar-refractivity contribution < 1.29 is 8.78 Å². The molecule has 1 aliphatic carbocycles. The minimum Gasteiger partial charge on any atom is -0.353 e. The Hall–Kier alpha value is -3.98. The zero-order chi connectivity index (χ0) is 24.9. The van der Waals surface area contributed by atoms with E-state index in [0.29, 0.717) is 28.5 Å². The van der Waals surface area contributed by atoms with Crippen LogP contribution in [0.2, 0.25) is 0 Å². The summed E-state index contributed by atoms with van der Waals surface area (Å²) in [5.41, 5.74) is 3.51. The summed E-state index contributed by atoms with van der Waals surface area (Å²) < 4.78 is 29.1. The van der Waals surface area contributed by atoms with Crippen molar-refractivity contribution in [2.24, 2.45) is 0 Å². The number of rotatable bonds is 4. The van der Waals surface area contributed by atoms with Crippen LogP contribution in [0.3, 0.4) is 0 Å². The molecule has 2 fully saturated rings. The number of fused-ring (bicyclic) bond motifs is 2. The lowest BCUT2D eigenvalue weighted by molar-refractivity contribution is 0.421. The van der Waals surface area contributed by atoms with E-state index < -0.39 is 11.6 Å². The summed E-state index contributed by atoms with van der Waals surface area (Å²) in [7, 11) is 0. The highest BCUT2D eigenvalue weighted by Crippen LogP contribution is 2.42. The molecule has 4 aromatic heterocycles. The van der Waals surface area contributed by atoms with E-state index in [0.717, 1.165) is 61.3 Å². The third kappa shape index (κ3) is 3.72. The van der Waals surface area contributed by atoms with Gasteiger partial charge in [0.1, 0.15) is 23.1 Å². The first-order chi connectivity index (χ1) is 18.2. The molecular formula is C28H25F2N7. The van der Waals surface area contributed by atoms with Crippen molar-refractivity contribution >= 4 is 27.8 Å². The van der Waals surface area contributed by atoms with Crippen molar-refractivity contribution in [2.75, 3.05) is 31.1 Å². The van der Waals surface area contributed by atoms with E-state index >= 15 is 0 Å². The maximum atomic E-state index is 14.5. The molecule has 186 valence electrons. The molecule has 7 rings (SSSR count). The highest BCUT2D eigenvalue weighted by atomic mass is 19.1. The lowest BCUT2D eigenvalue weighted by Crippen LogP contribution is -2.44. The summed E-state index contributed by atoms with van der Waals surface area (Å²) >= 11 is 0. The number of H-pyrrole nitrogens is 1. The van der Waals surface area contributed by atoms with Crippen LogP contribution in [0.5, 0.6) is 0 Å². The Morgan fingerprint density at radius 2 is 1.78 bits per heavy atom. The van der Waals surface area contributed by atoms with Crippen molar-refractivity contribution in [1.29, 1.82) is 0 Å². The average molecular weight is 498 g/mol. The third-order valence-corrected chi connectivity index (χ3v) is 7.58. The van der Waals surface area contributed by atoms with E-state index in [1.54, 1.807) is 12.3 Å². The Balaban J connectivity index is 1.43. The van der Waals surface area contributed by atoms with Crippen LogP contribution < -0.4 is 10.2 Å². The maximum absolute atomic E-state index is 14.5. The largest absolute Gasteiger partial charge is 0.353 e. The van der Waals surface area contributed by atoms with Crippen molar-refractivity contribution in [2.45, 2.75) is 25.2 Å². The number of nitrogens with zero attached hydrogens (tertiary/aromatic N) is 5. The number of benzene rings is 1. The van der Waals surface area contributed by atoms with Crippen LogP contribution >= 0.6 is 0 Å². The van der Waals surface area contributed by atoms with Gasteiger partial charge in [-0.1, -0.05) is 12.5 Å². The summed E-state index contributed by atoms with van der Waals surface area (Å²) in [5.74, 6) is 0.686. The monoisotopic (exact) mass is 497 g/mol. The van der Waals surface area contributed by atoms with Crippen LogP contribution in [0.15, 0.2) is 48.9 Å². The zero-order valence-corrected chi connectivity index (χ0v) is 20.1. The molecule has 1 saturated heterocycles. The molecule has 1 saturated carbocycles. The molecule has 0 amide bonds. The summed E-state index contributed by atoms with van der Waals surface area (Å²) in [6, 6.07) is 7.42. The molecule has 0 radical (unpaired) electrons. The minimum absolute atomic E-state index is 0.110. The highest BCUT2D eigenvalue weighted by Gasteiger charge is 2.27. The quantitative estimate of drug-likeness (QED) is 0.356. The highest BCUT2D eigenvalue weighted by molar-refractivity contribution is 5.98. The van der Waals surface area contributed by atoms with Crippen LogP contribution in [-0.4, -0.2) is 51.1 Å². The Morgan fingerprint density at radius 3 is 2.54 bits per heavy atom. The summed E-state index contributed by atoms with van der Waals surface area (Å²) in [4.78, 5) is 24.5. The minimum atomic E-state index is -0.634. The Kier molecular flexibility index (Phi) is 5.32. The molecule has 0 unspecified atom stereocenters. The number of hydrogen-bond acceptors (Lipinski definition) is 6. The molecule has 0 spiro atoms. The smallest absolute Gasteiger partial charge is 0.163 e. The van der Waals surface area contributed by atoms with Gasteiger partial charge in [0, 0.05) is 54.9 Å². The molecule has 9 heteroatoms. The molecule has 0 bridgehead atoms. The van der Waals surface area contributed by atoms with E-state index in [1.165, 1.54) is 30.2 Å². The van der Waals surface area contributed by atoms with Gasteiger partial charge in [0.2, 0.25) is 0 Å². The van der Waals surface area contributed by atoms with Crippen LogP contribution in [0.1, 0.15) is 30.7 Å². The van der Waals surface area contributed by atoms with Crippen molar-refractivity contribution in [3.8, 4) is 22.6 Å². The first-order valence-corrected chi connectivity index (χ1v) is 12.7. The second-order valence-electron chi connectivity index (χ2n) is 9.76. The molecule has 7 nitrogen and oxygen atoms in total. The normalized spacial score (nSPS) is 16.4. The Bertz CT molecular complexity index is 1620. The lowest BCUT2D eigenvalue weighted by atomic mass is 9.79. The molecule has 5 aromatic rings. The van der Waals surface area contributed by atoms with Gasteiger partial charge in [-0.25, -0.2) is 23.7 Å². The van der Waals surface area contributed by atoms with Gasteiger partial charge in [-0.2, -0.15) is 0 Å². The fourth-order valence-corrected chi connectivity index (χ4v) is 5.46. The van der Waals surface area contributed by atoms with Gasteiger partial charge in [-0.15, -0.1) is 0 Å². The summed E-state index contributed by atoms with van der Waals surface area (Å²) in [6.07, 6.45) is 9.00. The lowest BCUT2D eigenvalue weighted by Gasteiger charge is -2.32. The van der Waals surface area contributed by atoms with Crippen molar-refractivity contribution in [1.82, 2.24) is 30.2 Å². The van der Waals surface area contributed by atoms with Gasteiger partial charge in [0.15, 0.2) is 5.82 Å². The first-order valence-electron chi connectivity index (χ1n) is 12.7. The number of aromatic nitrogens is 5. The average Bonchev–Trinajstić information content (AvgIpc) is 3.31. The van der Waals surface area contributed by atoms with Gasteiger partial charge in [0.05, 0.1) is 23.0 Å². The fraction of sp³-hybridized carbons (Fsp3) is 0.286. The Morgan fingerprint density at radius 1 is 0.973 bits per heavy atom. The number of pyridine rings is 2. The molecular weight excluding hydrogens is 472 g/mol. The van der Waals surface area contributed by atoms with E-state index in [1.807, 2.05) is 18.5 Å². The molecule has 1 aromatic carbocycles. The third-order valence-electron chi connectivity index (χ3n) is 7.58. The Labute approximate surface area is 212 Å². The second-order valence-corrected chi connectivity index (χ2v) is 9.76. The molecule has 5 heterocycles. The van der Waals surface area contributed by atoms with E-state index in [4.69, 9.17) is 9.97 Å². The predicted molar refractivity (Wildman–Crippen MR) is 139 cm³/mol. The second kappa shape index (κ2) is 8.85. The summed E-state index contributed by atoms with van der Waals surface area (Å²) in [6.45, 7) is 3.48. The number of halogens is 2. The molecule has 0 atom stereocenters. The van der Waals surface area contributed by atoms with Crippen molar-refractivity contribution in [3.63, 3.8) is 0 Å². The fourth-order valence-electron chi connectivity index (χ4n) is 5.46. The van der Waals surface area contributed by atoms with Crippen molar-refractivity contribution in [3.05, 3.63) is 66.1 Å². The number of anilines is 1. The standard InChI is InChI=1S/C28H25F2N7/c29-20-5-2-6-21(30)25(20)22-13-18-17(7-8-33-26(18)34-22)27-35-23-15-32-14-19(16-3-1-4-16)24(23)28(36-27)37-11-9-31-10-12-37/h2,5-8,13-16,31H,1,3-4,9-12H2,(H,33,34). The van der Waals surface area contributed by atoms with Gasteiger partial charge < -0.3 is 15.2 Å². The van der Waals surface area contributed by atoms with E-state index in [2.05, 4.69) is 25.2 Å². The van der Waals surface area contributed by atoms with Gasteiger partial charge >= 0.3 is 0 Å². The molecule has 2 aliphatic rings. The maximum Gasteiger partial charge on any atom is 0.163 e. The predicted octanol–water partition coefficient (Wildman–Crippen LogP) is 5.19. The topological polar surface area (TPSA) is 82.6 Å². The van der Waals surface area contributed by atoms with E-state index in [9.17, 15) is 8.78 Å². The number of hydrogen-bond donors (Lipinski definition) is 2. The number of aromatic amines is 1. The van der Waals surface area contributed by atoms with Crippen LogP contribution in [0, 0.1) is 11.6 Å². The van der Waals surface area contributed by atoms with Crippen LogP contribution in [0.4, 0.5) is 14.6 Å². The zero-order valence-electron chi connectivity index (χ0n) is 20.1.